The first-order valence-corrected chi connectivity index (χ1v) is 2.97. The Morgan fingerprint density at radius 3 is 1.25 bits per heavy atom. The van der Waals surface area contributed by atoms with Gasteiger partial charge in [-0.3, -0.25) is 0 Å². The predicted molar refractivity (Wildman–Crippen MR) is 41.9 cm³/mol. The molecule has 0 atom stereocenters. The lowest BCUT2D eigenvalue weighted by Crippen LogP contribution is -1.93. The van der Waals surface area contributed by atoms with E-state index in [1.54, 1.807) is 0 Å². The van der Waals surface area contributed by atoms with Crippen LogP contribution in [0.3, 0.4) is 0 Å². The van der Waals surface area contributed by atoms with Crippen molar-refractivity contribution in [2.24, 2.45) is 0 Å². The molecule has 0 bridgehead atoms. The van der Waals surface area contributed by atoms with Gasteiger partial charge in [-0.25, -0.2) is 0 Å². The third-order valence-corrected chi connectivity index (χ3v) is 1.47. The fourth-order valence-corrected chi connectivity index (χ4v) is 0.737. The Labute approximate surface area is 67.3 Å². The second-order valence-electron chi connectivity index (χ2n) is 2.22. The largest absolute Gasteiger partial charge is 0.504 e. The van der Waals surface area contributed by atoms with Crippen LogP contribution in [0.2, 0.25) is 0 Å². The standard InChI is InChI=1S/C6H8N2O4/c7-1-3(9)2(8)5(11)6(12)4(1)10/h9-12H,7-8H2. The van der Waals surface area contributed by atoms with Crippen molar-refractivity contribution in [3.8, 4) is 23.0 Å². The average molecular weight is 172 g/mol. The summed E-state index contributed by atoms with van der Waals surface area (Å²) in [5.74, 6) is -3.08. The van der Waals surface area contributed by atoms with Crippen molar-refractivity contribution in [1.29, 1.82) is 0 Å². The van der Waals surface area contributed by atoms with Crippen molar-refractivity contribution in [1.82, 2.24) is 0 Å². The Kier molecular flexibility index (Phi) is 1.53. The van der Waals surface area contributed by atoms with E-state index in [9.17, 15) is 0 Å². The molecule has 1 rings (SSSR count). The summed E-state index contributed by atoms with van der Waals surface area (Å²) in [4.78, 5) is 0. The van der Waals surface area contributed by atoms with E-state index in [2.05, 4.69) is 0 Å². The van der Waals surface area contributed by atoms with Gasteiger partial charge in [0.15, 0.2) is 17.2 Å². The molecule has 0 aliphatic rings. The van der Waals surface area contributed by atoms with Crippen LogP contribution < -0.4 is 11.5 Å². The Bertz CT molecular complexity index is 232. The molecule has 0 fully saturated rings. The van der Waals surface area contributed by atoms with Gasteiger partial charge in [-0.1, -0.05) is 0 Å². The maximum Gasteiger partial charge on any atom is 0.205 e. The van der Waals surface area contributed by atoms with E-state index in [1.165, 1.54) is 0 Å². The quantitative estimate of drug-likeness (QED) is 0.180. The van der Waals surface area contributed by atoms with E-state index in [1.807, 2.05) is 0 Å². The first kappa shape index (κ1) is 8.12. The van der Waals surface area contributed by atoms with Crippen molar-refractivity contribution in [2.45, 2.75) is 0 Å². The van der Waals surface area contributed by atoms with Gasteiger partial charge in [-0.05, 0) is 0 Å². The lowest BCUT2D eigenvalue weighted by Gasteiger charge is -2.08. The molecule has 8 N–H and O–H groups in total. The van der Waals surface area contributed by atoms with E-state index in [0.717, 1.165) is 0 Å². The van der Waals surface area contributed by atoms with Crippen molar-refractivity contribution >= 4 is 11.4 Å². The van der Waals surface area contributed by atoms with Crippen LogP contribution in [0.15, 0.2) is 0 Å². The van der Waals surface area contributed by atoms with E-state index < -0.39 is 34.4 Å². The summed E-state index contributed by atoms with van der Waals surface area (Å²) in [6.45, 7) is 0. The fourth-order valence-electron chi connectivity index (χ4n) is 0.737. The second-order valence-corrected chi connectivity index (χ2v) is 2.22. The molecular formula is C6H8N2O4. The van der Waals surface area contributed by atoms with Gasteiger partial charge in [-0.2, -0.15) is 0 Å². The Morgan fingerprint density at radius 1 is 0.583 bits per heavy atom. The first-order chi connectivity index (χ1) is 5.46. The molecule has 0 amide bonds. The summed E-state index contributed by atoms with van der Waals surface area (Å²) in [5, 5.41) is 35.8. The molecule has 0 saturated heterocycles. The molecular weight excluding hydrogens is 164 g/mol. The molecule has 0 aromatic heterocycles. The van der Waals surface area contributed by atoms with Gasteiger partial charge in [0.2, 0.25) is 5.75 Å². The minimum absolute atomic E-state index is 0.470. The van der Waals surface area contributed by atoms with Gasteiger partial charge >= 0.3 is 0 Å². The lowest BCUT2D eigenvalue weighted by molar-refractivity contribution is 0.365. The fraction of sp³-hybridized carbons (Fsp3) is 0. The predicted octanol–water partition coefficient (Wildman–Crippen LogP) is -0.327. The number of rotatable bonds is 0. The van der Waals surface area contributed by atoms with Crippen LogP contribution in [0.4, 0.5) is 11.4 Å². The Morgan fingerprint density at radius 2 is 0.917 bits per heavy atom. The molecule has 66 valence electrons. The number of phenols is 4. The number of hydrogen-bond donors (Lipinski definition) is 6. The van der Waals surface area contributed by atoms with Crippen LogP contribution in [0.25, 0.3) is 0 Å². The molecule has 0 saturated carbocycles. The number of anilines is 2. The highest BCUT2D eigenvalue weighted by atomic mass is 16.3. The topological polar surface area (TPSA) is 133 Å². The Balaban J connectivity index is 3.60. The smallest absolute Gasteiger partial charge is 0.205 e. The van der Waals surface area contributed by atoms with Crippen LogP contribution in [-0.4, -0.2) is 20.4 Å². The Hall–Kier alpha value is -1.98. The molecule has 12 heavy (non-hydrogen) atoms. The minimum atomic E-state index is -0.845. The highest BCUT2D eigenvalue weighted by Crippen LogP contribution is 2.49. The first-order valence-electron chi connectivity index (χ1n) is 2.97. The van der Waals surface area contributed by atoms with Crippen molar-refractivity contribution in [3.63, 3.8) is 0 Å². The van der Waals surface area contributed by atoms with E-state index in [-0.39, 0.29) is 0 Å². The highest BCUT2D eigenvalue weighted by molar-refractivity contribution is 5.82. The van der Waals surface area contributed by atoms with Gasteiger partial charge in [0.25, 0.3) is 0 Å². The van der Waals surface area contributed by atoms with Gasteiger partial charge in [0, 0.05) is 0 Å². The molecule has 1 aromatic rings. The monoisotopic (exact) mass is 172 g/mol. The molecule has 0 radical (unpaired) electrons. The maximum atomic E-state index is 9.01. The van der Waals surface area contributed by atoms with Crippen LogP contribution in [0.5, 0.6) is 23.0 Å². The number of phenolic OH excluding ortho intramolecular Hbond substituents is 4. The summed E-state index contributed by atoms with van der Waals surface area (Å²) < 4.78 is 0. The zero-order valence-electron chi connectivity index (χ0n) is 5.94. The maximum absolute atomic E-state index is 9.01. The number of benzene rings is 1. The molecule has 6 nitrogen and oxygen atoms in total. The zero-order chi connectivity index (χ0) is 9.46. The lowest BCUT2D eigenvalue weighted by atomic mass is 10.2. The van der Waals surface area contributed by atoms with E-state index in [4.69, 9.17) is 31.9 Å². The summed E-state index contributed by atoms with van der Waals surface area (Å²) in [6.07, 6.45) is 0. The van der Waals surface area contributed by atoms with Crippen LogP contribution in [0.1, 0.15) is 0 Å². The molecule has 0 aliphatic heterocycles. The summed E-state index contributed by atoms with van der Waals surface area (Å²) in [7, 11) is 0. The minimum Gasteiger partial charge on any atom is -0.504 e. The van der Waals surface area contributed by atoms with Gasteiger partial charge in [0.05, 0.1) is 0 Å². The third-order valence-electron chi connectivity index (χ3n) is 1.47. The third kappa shape index (κ3) is 0.815. The molecule has 0 aliphatic carbocycles. The van der Waals surface area contributed by atoms with Crippen LogP contribution >= 0.6 is 0 Å². The molecule has 0 unspecified atom stereocenters. The van der Waals surface area contributed by atoms with Crippen molar-refractivity contribution in [3.05, 3.63) is 0 Å². The van der Waals surface area contributed by atoms with Gasteiger partial charge in [0.1, 0.15) is 11.4 Å². The number of hydrogen-bond acceptors (Lipinski definition) is 6. The van der Waals surface area contributed by atoms with Crippen LogP contribution in [-0.2, 0) is 0 Å². The number of nitrogen functional groups attached to an aromatic ring is 2. The average Bonchev–Trinajstić information content (AvgIpc) is 2.08. The summed E-state index contributed by atoms with van der Waals surface area (Å²) in [5.41, 5.74) is 9.26. The van der Waals surface area contributed by atoms with E-state index in [0.29, 0.717) is 0 Å². The van der Waals surface area contributed by atoms with Crippen molar-refractivity contribution in [2.75, 3.05) is 11.5 Å². The molecule has 6 heteroatoms. The van der Waals surface area contributed by atoms with Crippen LogP contribution in [0, 0.1) is 0 Å². The number of aromatic hydroxyl groups is 4. The SMILES string of the molecule is Nc1c(O)c(N)c(O)c(O)c1O. The van der Waals surface area contributed by atoms with Gasteiger partial charge < -0.3 is 31.9 Å². The summed E-state index contributed by atoms with van der Waals surface area (Å²) in [6, 6.07) is 0. The summed E-state index contributed by atoms with van der Waals surface area (Å²) >= 11 is 0. The van der Waals surface area contributed by atoms with E-state index >= 15 is 0 Å². The number of nitrogens with two attached hydrogens (primary N) is 2. The normalized spacial score (nSPS) is 10.0. The van der Waals surface area contributed by atoms with Crippen molar-refractivity contribution < 1.29 is 20.4 Å². The second kappa shape index (κ2) is 2.26. The molecule has 0 spiro atoms. The highest BCUT2D eigenvalue weighted by Gasteiger charge is 2.18. The molecule has 0 heterocycles. The van der Waals surface area contributed by atoms with Gasteiger partial charge in [-0.15, -0.1) is 0 Å². The molecule has 1 aromatic carbocycles. The zero-order valence-corrected chi connectivity index (χ0v) is 5.94.